The molecule has 0 bridgehead atoms. The van der Waals surface area contributed by atoms with Crippen molar-refractivity contribution in [2.75, 3.05) is 6.54 Å². The fraction of sp³-hybridized carbons (Fsp3) is 0.353. The number of benzene rings is 1. The maximum absolute atomic E-state index is 12.0. The highest BCUT2D eigenvalue weighted by Gasteiger charge is 2.20. The molecule has 6 nitrogen and oxygen atoms in total. The molecule has 1 aromatic heterocycles. The zero-order valence-corrected chi connectivity index (χ0v) is 12.9. The van der Waals surface area contributed by atoms with E-state index in [-0.39, 0.29) is 18.4 Å². The third-order valence-corrected chi connectivity index (χ3v) is 4.01. The molecule has 3 rings (SSSR count). The SMILES string of the molecule is O=C(Cn1ccnc1)NCc1ccccc1CN1CCCC1=O. The second kappa shape index (κ2) is 7.09. The van der Waals surface area contributed by atoms with E-state index in [0.717, 1.165) is 24.1 Å². The van der Waals surface area contributed by atoms with Gasteiger partial charge in [-0.2, -0.15) is 0 Å². The van der Waals surface area contributed by atoms with Gasteiger partial charge in [0.05, 0.1) is 6.33 Å². The van der Waals surface area contributed by atoms with Gasteiger partial charge in [0.15, 0.2) is 0 Å². The molecule has 0 saturated carbocycles. The summed E-state index contributed by atoms with van der Waals surface area (Å²) in [5.74, 6) is 0.152. The quantitative estimate of drug-likeness (QED) is 0.875. The lowest BCUT2D eigenvalue weighted by molar-refractivity contribution is -0.128. The highest BCUT2D eigenvalue weighted by atomic mass is 16.2. The third-order valence-electron chi connectivity index (χ3n) is 4.01. The van der Waals surface area contributed by atoms with Gasteiger partial charge in [0, 0.05) is 38.4 Å². The van der Waals surface area contributed by atoms with E-state index in [1.54, 1.807) is 23.3 Å². The van der Waals surface area contributed by atoms with Crippen molar-refractivity contribution in [2.24, 2.45) is 0 Å². The van der Waals surface area contributed by atoms with Crippen LogP contribution in [0.1, 0.15) is 24.0 Å². The molecule has 0 radical (unpaired) electrons. The third kappa shape index (κ3) is 3.97. The number of hydrogen-bond acceptors (Lipinski definition) is 3. The zero-order valence-electron chi connectivity index (χ0n) is 12.9. The molecule has 1 aliphatic heterocycles. The molecule has 0 unspecified atom stereocenters. The number of amides is 2. The Balaban J connectivity index is 1.59. The largest absolute Gasteiger partial charge is 0.350 e. The van der Waals surface area contributed by atoms with Crippen molar-refractivity contribution in [1.29, 1.82) is 0 Å². The van der Waals surface area contributed by atoms with E-state index < -0.39 is 0 Å². The first kappa shape index (κ1) is 15.3. The van der Waals surface area contributed by atoms with E-state index in [9.17, 15) is 9.59 Å². The van der Waals surface area contributed by atoms with Crippen molar-refractivity contribution in [3.63, 3.8) is 0 Å². The Bertz CT molecular complexity index is 682. The van der Waals surface area contributed by atoms with Gasteiger partial charge in [0.25, 0.3) is 0 Å². The van der Waals surface area contributed by atoms with Crippen LogP contribution in [0.3, 0.4) is 0 Å². The molecule has 6 heteroatoms. The standard InChI is InChI=1S/C17H20N4O2/c22-16(12-20-9-7-18-13-20)19-10-14-4-1-2-5-15(14)11-21-8-3-6-17(21)23/h1-2,4-5,7,9,13H,3,6,8,10-12H2,(H,19,22). The maximum atomic E-state index is 12.0. The number of carbonyl (C=O) groups is 2. The number of rotatable bonds is 6. The molecule has 1 fully saturated rings. The maximum Gasteiger partial charge on any atom is 0.240 e. The Hall–Kier alpha value is -2.63. The lowest BCUT2D eigenvalue weighted by Gasteiger charge is -2.18. The molecule has 120 valence electrons. The van der Waals surface area contributed by atoms with Crippen molar-refractivity contribution in [1.82, 2.24) is 19.8 Å². The first-order valence-corrected chi connectivity index (χ1v) is 7.79. The summed E-state index contributed by atoms with van der Waals surface area (Å²) in [6.07, 6.45) is 6.60. The number of carbonyl (C=O) groups excluding carboxylic acids is 2. The van der Waals surface area contributed by atoms with Crippen molar-refractivity contribution in [3.8, 4) is 0 Å². The van der Waals surface area contributed by atoms with Crippen LogP contribution in [-0.4, -0.2) is 32.8 Å². The molecule has 0 aliphatic carbocycles. The normalized spacial score (nSPS) is 14.3. The Morgan fingerprint density at radius 2 is 2.09 bits per heavy atom. The van der Waals surface area contributed by atoms with Crippen molar-refractivity contribution in [3.05, 3.63) is 54.1 Å². The topological polar surface area (TPSA) is 67.2 Å². The van der Waals surface area contributed by atoms with Gasteiger partial charge >= 0.3 is 0 Å². The zero-order chi connectivity index (χ0) is 16.1. The Morgan fingerprint density at radius 3 is 2.78 bits per heavy atom. The number of nitrogens with one attached hydrogen (secondary N) is 1. The van der Waals surface area contributed by atoms with Crippen molar-refractivity contribution in [2.45, 2.75) is 32.5 Å². The van der Waals surface area contributed by atoms with Crippen LogP contribution in [0, 0.1) is 0 Å². The van der Waals surface area contributed by atoms with Gasteiger partial charge in [0.1, 0.15) is 6.54 Å². The van der Waals surface area contributed by atoms with Crippen LogP contribution in [-0.2, 0) is 29.2 Å². The number of nitrogens with zero attached hydrogens (tertiary/aromatic N) is 3. The van der Waals surface area contributed by atoms with Gasteiger partial charge in [-0.1, -0.05) is 24.3 Å². The van der Waals surface area contributed by atoms with Gasteiger partial charge < -0.3 is 14.8 Å². The summed E-state index contributed by atoms with van der Waals surface area (Å²) in [6.45, 7) is 2.16. The highest BCUT2D eigenvalue weighted by molar-refractivity contribution is 5.78. The molecule has 23 heavy (non-hydrogen) atoms. The summed E-state index contributed by atoms with van der Waals surface area (Å²) in [7, 11) is 0. The minimum Gasteiger partial charge on any atom is -0.350 e. The summed E-state index contributed by atoms with van der Waals surface area (Å²) in [5.41, 5.74) is 2.14. The first-order valence-electron chi connectivity index (χ1n) is 7.79. The number of imidazole rings is 1. The fourth-order valence-corrected chi connectivity index (χ4v) is 2.76. The van der Waals surface area contributed by atoms with E-state index in [0.29, 0.717) is 19.5 Å². The van der Waals surface area contributed by atoms with E-state index >= 15 is 0 Å². The lowest BCUT2D eigenvalue weighted by atomic mass is 10.1. The molecule has 0 spiro atoms. The number of hydrogen-bond donors (Lipinski definition) is 1. The summed E-state index contributed by atoms with van der Waals surface area (Å²) in [5, 5.41) is 2.92. The van der Waals surface area contributed by atoms with Gasteiger partial charge in [-0.05, 0) is 17.5 Å². The minimum atomic E-state index is -0.0601. The molecular weight excluding hydrogens is 292 g/mol. The number of aromatic nitrogens is 2. The van der Waals surface area contributed by atoms with Crippen LogP contribution in [0.25, 0.3) is 0 Å². The van der Waals surface area contributed by atoms with Crippen molar-refractivity contribution < 1.29 is 9.59 Å². The summed E-state index contributed by atoms with van der Waals surface area (Å²) >= 11 is 0. The molecule has 2 heterocycles. The second-order valence-electron chi connectivity index (χ2n) is 5.70. The molecule has 0 atom stereocenters. The predicted molar refractivity (Wildman–Crippen MR) is 85.2 cm³/mol. The van der Waals surface area contributed by atoms with Crippen LogP contribution in [0.5, 0.6) is 0 Å². The summed E-state index contributed by atoms with van der Waals surface area (Å²) in [4.78, 5) is 29.5. The van der Waals surface area contributed by atoms with Crippen LogP contribution < -0.4 is 5.32 Å². The van der Waals surface area contributed by atoms with Crippen LogP contribution >= 0.6 is 0 Å². The summed E-state index contributed by atoms with van der Waals surface area (Å²) < 4.78 is 1.73. The molecule has 1 aliphatic rings. The number of likely N-dealkylation sites (tertiary alicyclic amines) is 1. The van der Waals surface area contributed by atoms with Gasteiger partial charge in [-0.15, -0.1) is 0 Å². The Labute approximate surface area is 135 Å². The monoisotopic (exact) mass is 312 g/mol. The van der Waals surface area contributed by atoms with Crippen molar-refractivity contribution >= 4 is 11.8 Å². The van der Waals surface area contributed by atoms with Crippen LogP contribution in [0.15, 0.2) is 43.0 Å². The average Bonchev–Trinajstić information content (AvgIpc) is 3.19. The van der Waals surface area contributed by atoms with Gasteiger partial charge in [0.2, 0.25) is 11.8 Å². The molecule has 1 aromatic carbocycles. The molecule has 2 aromatic rings. The molecule has 1 saturated heterocycles. The van der Waals surface area contributed by atoms with Crippen LogP contribution in [0.2, 0.25) is 0 Å². The molecule has 1 N–H and O–H groups in total. The first-order chi connectivity index (χ1) is 11.2. The fourth-order valence-electron chi connectivity index (χ4n) is 2.76. The predicted octanol–water partition coefficient (Wildman–Crippen LogP) is 1.32. The van der Waals surface area contributed by atoms with E-state index in [1.165, 1.54) is 0 Å². The summed E-state index contributed by atoms with van der Waals surface area (Å²) in [6, 6.07) is 7.93. The Kier molecular flexibility index (Phi) is 4.71. The molecular formula is C17H20N4O2. The van der Waals surface area contributed by atoms with Gasteiger partial charge in [-0.3, -0.25) is 9.59 Å². The average molecular weight is 312 g/mol. The van der Waals surface area contributed by atoms with Crippen LogP contribution in [0.4, 0.5) is 0 Å². The van der Waals surface area contributed by atoms with E-state index in [2.05, 4.69) is 10.3 Å². The highest BCUT2D eigenvalue weighted by Crippen LogP contribution is 2.17. The second-order valence-corrected chi connectivity index (χ2v) is 5.70. The minimum absolute atomic E-state index is 0.0601. The van der Waals surface area contributed by atoms with Gasteiger partial charge in [-0.25, -0.2) is 4.98 Å². The van der Waals surface area contributed by atoms with E-state index in [1.807, 2.05) is 29.2 Å². The Morgan fingerprint density at radius 1 is 1.26 bits per heavy atom. The lowest BCUT2D eigenvalue weighted by Crippen LogP contribution is -2.28. The van der Waals surface area contributed by atoms with E-state index in [4.69, 9.17) is 0 Å². The molecule has 2 amide bonds. The smallest absolute Gasteiger partial charge is 0.240 e.